The van der Waals surface area contributed by atoms with Crippen molar-refractivity contribution in [2.45, 2.75) is 110 Å². The van der Waals surface area contributed by atoms with E-state index in [1.54, 1.807) is 0 Å². The predicted molar refractivity (Wildman–Crippen MR) is 120 cm³/mol. The van der Waals surface area contributed by atoms with E-state index < -0.39 is 0 Å². The molecule has 0 aromatic heterocycles. The van der Waals surface area contributed by atoms with Gasteiger partial charge in [-0.15, -0.1) is 0 Å². The maximum absolute atomic E-state index is 11.9. The largest absolute Gasteiger partial charge is 0.458 e. The summed E-state index contributed by atoms with van der Waals surface area (Å²) in [5, 5.41) is 0. The Bertz CT molecular complexity index is 506. The third-order valence-corrected chi connectivity index (χ3v) is 5.22. The maximum atomic E-state index is 11.9. The number of ether oxygens (including phenoxy) is 1. The lowest BCUT2D eigenvalue weighted by atomic mass is 10.1. The molecule has 0 radical (unpaired) electrons. The topological polar surface area (TPSA) is 26.3 Å². The summed E-state index contributed by atoms with van der Waals surface area (Å²) >= 11 is 0. The molecule has 1 aromatic carbocycles. The van der Waals surface area contributed by atoms with E-state index in [4.69, 9.17) is 4.74 Å². The van der Waals surface area contributed by atoms with Crippen molar-refractivity contribution in [2.75, 3.05) is 0 Å². The van der Waals surface area contributed by atoms with Crippen LogP contribution in [0.5, 0.6) is 0 Å². The molecule has 0 spiro atoms. The molecule has 0 bridgehead atoms. The zero-order chi connectivity index (χ0) is 20.3. The Hall–Kier alpha value is -1.57. The van der Waals surface area contributed by atoms with Crippen LogP contribution in [0, 0.1) is 0 Å². The van der Waals surface area contributed by atoms with Gasteiger partial charge in [0, 0.05) is 6.42 Å². The Morgan fingerprint density at radius 2 is 1.36 bits per heavy atom. The zero-order valence-corrected chi connectivity index (χ0v) is 18.3. The van der Waals surface area contributed by atoms with E-state index in [-0.39, 0.29) is 12.1 Å². The summed E-state index contributed by atoms with van der Waals surface area (Å²) in [5.41, 5.74) is 1.06. The van der Waals surface area contributed by atoms with Crippen LogP contribution in [0.15, 0.2) is 42.5 Å². The lowest BCUT2D eigenvalue weighted by molar-refractivity contribution is -0.148. The number of rotatable bonds is 17. The Morgan fingerprint density at radius 3 is 1.96 bits per heavy atom. The Morgan fingerprint density at radius 1 is 0.821 bits per heavy atom. The maximum Gasteiger partial charge on any atom is 0.306 e. The van der Waals surface area contributed by atoms with Crippen LogP contribution in [-0.4, -0.2) is 5.97 Å². The van der Waals surface area contributed by atoms with Crippen molar-refractivity contribution in [3.05, 3.63) is 48.0 Å². The Labute approximate surface area is 173 Å². The van der Waals surface area contributed by atoms with Gasteiger partial charge in [-0.3, -0.25) is 4.79 Å². The number of hydrogen-bond donors (Lipinski definition) is 0. The number of benzene rings is 1. The third-order valence-electron chi connectivity index (χ3n) is 5.22. The van der Waals surface area contributed by atoms with Crippen LogP contribution in [0.4, 0.5) is 0 Å². The van der Waals surface area contributed by atoms with Crippen molar-refractivity contribution in [2.24, 2.45) is 0 Å². The van der Waals surface area contributed by atoms with Crippen molar-refractivity contribution in [1.82, 2.24) is 0 Å². The molecule has 0 aliphatic heterocycles. The third kappa shape index (κ3) is 13.6. The highest BCUT2D eigenvalue weighted by Gasteiger charge is 2.10. The van der Waals surface area contributed by atoms with Crippen molar-refractivity contribution < 1.29 is 9.53 Å². The fraction of sp³-hybridized carbons (Fsp3) is 0.654. The molecule has 1 unspecified atom stereocenters. The van der Waals surface area contributed by atoms with Crippen LogP contribution in [-0.2, 0) is 9.53 Å². The number of carbonyl (C=O) groups excluding carboxylic acids is 1. The van der Waals surface area contributed by atoms with Crippen molar-refractivity contribution >= 4 is 5.97 Å². The van der Waals surface area contributed by atoms with Crippen molar-refractivity contribution in [3.8, 4) is 0 Å². The lowest BCUT2D eigenvalue weighted by Gasteiger charge is -2.13. The van der Waals surface area contributed by atoms with Gasteiger partial charge in [0.1, 0.15) is 6.10 Å². The summed E-state index contributed by atoms with van der Waals surface area (Å²) in [4.78, 5) is 11.9. The van der Waals surface area contributed by atoms with Gasteiger partial charge in [-0.25, -0.2) is 0 Å². The second-order valence-electron chi connectivity index (χ2n) is 7.88. The van der Waals surface area contributed by atoms with Crippen molar-refractivity contribution in [3.63, 3.8) is 0 Å². The standard InChI is InChI=1S/C26H42O2/c1-3-4-5-6-7-8-9-10-11-12-13-14-15-16-20-23-26(27)28-24(2)25-21-18-17-19-22-25/h8-9,17-19,21-22,24H,3-7,10-16,20,23H2,1-2H3/b9-8+. The predicted octanol–water partition coefficient (Wildman–Crippen LogP) is 8.33. The molecular weight excluding hydrogens is 344 g/mol. The van der Waals surface area contributed by atoms with E-state index in [0.717, 1.165) is 18.4 Å². The molecule has 1 rings (SSSR count). The first-order valence-electron chi connectivity index (χ1n) is 11.6. The minimum Gasteiger partial charge on any atom is -0.458 e. The zero-order valence-electron chi connectivity index (χ0n) is 18.3. The van der Waals surface area contributed by atoms with Gasteiger partial charge in [-0.2, -0.15) is 0 Å². The molecule has 2 nitrogen and oxygen atoms in total. The summed E-state index contributed by atoms with van der Waals surface area (Å²) in [7, 11) is 0. The van der Waals surface area contributed by atoms with Gasteiger partial charge in [0.25, 0.3) is 0 Å². The van der Waals surface area contributed by atoms with E-state index in [1.165, 1.54) is 70.6 Å². The number of allylic oxidation sites excluding steroid dienone is 2. The Balaban J connectivity index is 1.87. The molecule has 0 amide bonds. The summed E-state index contributed by atoms with van der Waals surface area (Å²) in [5.74, 6) is -0.0714. The van der Waals surface area contributed by atoms with Crippen LogP contribution in [0.1, 0.15) is 115 Å². The monoisotopic (exact) mass is 386 g/mol. The molecule has 28 heavy (non-hydrogen) atoms. The average molecular weight is 387 g/mol. The normalized spacial score (nSPS) is 12.4. The van der Waals surface area contributed by atoms with Gasteiger partial charge < -0.3 is 4.74 Å². The fourth-order valence-electron chi connectivity index (χ4n) is 3.39. The molecule has 1 atom stereocenters. The summed E-state index contributed by atoms with van der Waals surface area (Å²) in [6.45, 7) is 4.20. The molecule has 0 aliphatic carbocycles. The molecule has 0 saturated heterocycles. The fourth-order valence-corrected chi connectivity index (χ4v) is 3.39. The molecule has 0 saturated carbocycles. The summed E-state index contributed by atoms with van der Waals surface area (Å²) < 4.78 is 5.51. The lowest BCUT2D eigenvalue weighted by Crippen LogP contribution is -2.08. The van der Waals surface area contributed by atoms with Crippen LogP contribution < -0.4 is 0 Å². The number of hydrogen-bond acceptors (Lipinski definition) is 2. The molecular formula is C26H42O2. The van der Waals surface area contributed by atoms with Gasteiger partial charge in [0.15, 0.2) is 0 Å². The molecule has 0 aliphatic rings. The van der Waals surface area contributed by atoms with Gasteiger partial charge in [-0.05, 0) is 44.6 Å². The first-order valence-corrected chi connectivity index (χ1v) is 11.6. The van der Waals surface area contributed by atoms with Crippen LogP contribution in [0.3, 0.4) is 0 Å². The van der Waals surface area contributed by atoms with Crippen molar-refractivity contribution in [1.29, 1.82) is 0 Å². The molecule has 0 N–H and O–H groups in total. The second-order valence-corrected chi connectivity index (χ2v) is 7.88. The minimum absolute atomic E-state index is 0.0714. The summed E-state index contributed by atoms with van der Waals surface area (Å²) in [6, 6.07) is 9.93. The molecule has 1 aromatic rings. The van der Waals surface area contributed by atoms with Crippen LogP contribution in [0.2, 0.25) is 0 Å². The van der Waals surface area contributed by atoms with E-state index >= 15 is 0 Å². The van der Waals surface area contributed by atoms with Gasteiger partial charge in [-0.1, -0.05) is 101 Å². The number of unbranched alkanes of at least 4 members (excludes halogenated alkanes) is 11. The number of carbonyl (C=O) groups is 1. The minimum atomic E-state index is -0.154. The van der Waals surface area contributed by atoms with Gasteiger partial charge in [0.2, 0.25) is 0 Å². The molecule has 0 fully saturated rings. The molecule has 2 heteroatoms. The highest BCUT2D eigenvalue weighted by molar-refractivity contribution is 5.69. The van der Waals surface area contributed by atoms with Crippen LogP contribution in [0.25, 0.3) is 0 Å². The van der Waals surface area contributed by atoms with Gasteiger partial charge >= 0.3 is 5.97 Å². The quantitative estimate of drug-likeness (QED) is 0.153. The van der Waals surface area contributed by atoms with Crippen LogP contribution >= 0.6 is 0 Å². The smallest absolute Gasteiger partial charge is 0.306 e. The van der Waals surface area contributed by atoms with E-state index in [1.807, 2.05) is 37.3 Å². The first kappa shape index (κ1) is 24.5. The Kier molecular flexibility index (Phi) is 15.3. The number of esters is 1. The average Bonchev–Trinajstić information content (AvgIpc) is 2.71. The van der Waals surface area contributed by atoms with E-state index in [9.17, 15) is 4.79 Å². The SMILES string of the molecule is CCCCCC/C=C/CCCCCCCCCC(=O)OC(C)c1ccccc1. The summed E-state index contributed by atoms with van der Waals surface area (Å²) in [6.07, 6.45) is 21.6. The second kappa shape index (κ2) is 17.5. The molecule has 158 valence electrons. The highest BCUT2D eigenvalue weighted by Crippen LogP contribution is 2.17. The van der Waals surface area contributed by atoms with Gasteiger partial charge in [0.05, 0.1) is 0 Å². The highest BCUT2D eigenvalue weighted by atomic mass is 16.5. The first-order chi connectivity index (χ1) is 13.7. The van der Waals surface area contributed by atoms with E-state index in [0.29, 0.717) is 6.42 Å². The van der Waals surface area contributed by atoms with E-state index in [2.05, 4.69) is 19.1 Å². The molecule has 0 heterocycles.